The number of nitrogens with zero attached hydrogens (tertiary/aromatic N) is 1. The van der Waals surface area contributed by atoms with Crippen LogP contribution in [0.1, 0.15) is 37.0 Å². The first kappa shape index (κ1) is 12.6. The van der Waals surface area contributed by atoms with Crippen molar-refractivity contribution in [2.24, 2.45) is 5.92 Å². The van der Waals surface area contributed by atoms with E-state index in [4.69, 9.17) is 10.00 Å². The van der Waals surface area contributed by atoms with Crippen LogP contribution < -0.4 is 4.74 Å². The molecule has 2 nitrogen and oxygen atoms in total. The number of hydrogen-bond donors (Lipinski definition) is 0. The summed E-state index contributed by atoms with van der Waals surface area (Å²) in [4.78, 5) is 0. The van der Waals surface area contributed by atoms with Gasteiger partial charge in [-0.3, -0.25) is 0 Å². The fourth-order valence-electron chi connectivity index (χ4n) is 1.59. The van der Waals surface area contributed by atoms with Gasteiger partial charge in [0.2, 0.25) is 0 Å². The van der Waals surface area contributed by atoms with Gasteiger partial charge in [0, 0.05) is 0 Å². The van der Waals surface area contributed by atoms with Crippen molar-refractivity contribution >= 4 is 0 Å². The number of rotatable bonds is 4. The molecule has 0 aliphatic rings. The molecule has 1 unspecified atom stereocenters. The molecule has 1 aromatic carbocycles. The maximum atomic E-state index is 8.84. The maximum absolute atomic E-state index is 8.84. The van der Waals surface area contributed by atoms with Crippen LogP contribution in [0, 0.1) is 31.1 Å². The molecular formula is C14H19NO. The summed E-state index contributed by atoms with van der Waals surface area (Å²) in [6, 6.07) is 5.90. The van der Waals surface area contributed by atoms with Crippen LogP contribution in [-0.2, 0) is 0 Å². The summed E-state index contributed by atoms with van der Waals surface area (Å²) >= 11 is 0. The highest BCUT2D eigenvalue weighted by Gasteiger charge is 2.08. The lowest BCUT2D eigenvalue weighted by Gasteiger charge is -2.15. The molecule has 0 aliphatic heterocycles. The number of benzene rings is 1. The Hall–Kier alpha value is -1.49. The first-order chi connectivity index (χ1) is 7.58. The Morgan fingerprint density at radius 1 is 1.31 bits per heavy atom. The summed E-state index contributed by atoms with van der Waals surface area (Å²) in [7, 11) is 0. The molecule has 1 aromatic rings. The number of nitriles is 1. The highest BCUT2D eigenvalue weighted by molar-refractivity contribution is 5.47. The molecule has 0 N–H and O–H groups in total. The smallest absolute Gasteiger partial charge is 0.125 e. The van der Waals surface area contributed by atoms with Crippen molar-refractivity contribution in [1.82, 2.24) is 0 Å². The van der Waals surface area contributed by atoms with Gasteiger partial charge in [-0.15, -0.1) is 0 Å². The minimum absolute atomic E-state index is 0.564. The van der Waals surface area contributed by atoms with Crippen molar-refractivity contribution in [3.05, 3.63) is 28.8 Å². The normalized spacial score (nSPS) is 11.9. The summed E-state index contributed by atoms with van der Waals surface area (Å²) < 4.78 is 5.81. The zero-order valence-electron chi connectivity index (χ0n) is 10.5. The first-order valence-corrected chi connectivity index (χ1v) is 5.72. The van der Waals surface area contributed by atoms with E-state index < -0.39 is 0 Å². The van der Waals surface area contributed by atoms with Crippen molar-refractivity contribution in [3.8, 4) is 11.8 Å². The molecular weight excluding hydrogens is 198 g/mol. The summed E-state index contributed by atoms with van der Waals surface area (Å²) in [5.74, 6) is 1.49. The molecule has 0 aromatic heterocycles. The maximum Gasteiger partial charge on any atom is 0.125 e. The van der Waals surface area contributed by atoms with Crippen LogP contribution in [0.4, 0.5) is 0 Å². The van der Waals surface area contributed by atoms with Crippen LogP contribution in [0.25, 0.3) is 0 Å². The molecule has 0 saturated heterocycles. The van der Waals surface area contributed by atoms with Gasteiger partial charge < -0.3 is 4.74 Å². The Bertz CT molecular complexity index is 381. The fourth-order valence-corrected chi connectivity index (χ4v) is 1.59. The molecule has 0 aliphatic carbocycles. The Kier molecular flexibility index (Phi) is 4.37. The minimum Gasteiger partial charge on any atom is -0.493 e. The van der Waals surface area contributed by atoms with Crippen LogP contribution >= 0.6 is 0 Å². The zero-order valence-corrected chi connectivity index (χ0v) is 10.5. The van der Waals surface area contributed by atoms with E-state index in [0.29, 0.717) is 11.5 Å². The van der Waals surface area contributed by atoms with Gasteiger partial charge in [0.15, 0.2) is 0 Å². The van der Waals surface area contributed by atoms with Gasteiger partial charge in [0.05, 0.1) is 18.2 Å². The van der Waals surface area contributed by atoms with E-state index in [1.807, 2.05) is 26.0 Å². The van der Waals surface area contributed by atoms with E-state index >= 15 is 0 Å². The Morgan fingerprint density at radius 3 is 2.31 bits per heavy atom. The number of ether oxygens (including phenoxy) is 1. The van der Waals surface area contributed by atoms with E-state index in [0.717, 1.165) is 29.9 Å². The molecule has 0 spiro atoms. The monoisotopic (exact) mass is 217 g/mol. The molecule has 86 valence electrons. The molecule has 0 fully saturated rings. The van der Waals surface area contributed by atoms with Crippen LogP contribution in [0.3, 0.4) is 0 Å². The molecule has 2 heteroatoms. The predicted molar refractivity (Wildman–Crippen MR) is 65.6 cm³/mol. The second-order valence-corrected chi connectivity index (χ2v) is 4.38. The van der Waals surface area contributed by atoms with E-state index in [2.05, 4.69) is 19.9 Å². The lowest BCUT2D eigenvalue weighted by molar-refractivity contribution is 0.253. The first-order valence-electron chi connectivity index (χ1n) is 5.72. The highest BCUT2D eigenvalue weighted by atomic mass is 16.5. The summed E-state index contributed by atoms with van der Waals surface area (Å²) in [6.45, 7) is 9.05. The standard InChI is InChI=1S/C14H19NO/c1-5-10(2)9-16-14-11(3)6-13(8-15)7-12(14)4/h6-7,10H,5,9H2,1-4H3. The number of hydrogen-bond acceptors (Lipinski definition) is 2. The van der Waals surface area contributed by atoms with Crippen molar-refractivity contribution in [1.29, 1.82) is 5.26 Å². The van der Waals surface area contributed by atoms with Gasteiger partial charge in [0.25, 0.3) is 0 Å². The lowest BCUT2D eigenvalue weighted by atomic mass is 10.1. The molecule has 16 heavy (non-hydrogen) atoms. The van der Waals surface area contributed by atoms with Gasteiger partial charge in [-0.2, -0.15) is 5.26 Å². The Balaban J connectivity index is 2.85. The van der Waals surface area contributed by atoms with Gasteiger partial charge in [0.1, 0.15) is 5.75 Å². The fraction of sp³-hybridized carbons (Fsp3) is 0.500. The van der Waals surface area contributed by atoms with Gasteiger partial charge in [-0.05, 0) is 43.0 Å². The van der Waals surface area contributed by atoms with E-state index in [-0.39, 0.29) is 0 Å². The summed E-state index contributed by atoms with van der Waals surface area (Å²) in [5.41, 5.74) is 2.78. The largest absolute Gasteiger partial charge is 0.493 e. The molecule has 1 rings (SSSR count). The second kappa shape index (κ2) is 5.55. The second-order valence-electron chi connectivity index (χ2n) is 4.38. The van der Waals surface area contributed by atoms with Crippen molar-refractivity contribution in [3.63, 3.8) is 0 Å². The molecule has 0 bridgehead atoms. The number of aryl methyl sites for hydroxylation is 2. The van der Waals surface area contributed by atoms with Crippen LogP contribution in [-0.4, -0.2) is 6.61 Å². The third-order valence-electron chi connectivity index (χ3n) is 2.80. The van der Waals surface area contributed by atoms with Crippen LogP contribution in [0.2, 0.25) is 0 Å². The Morgan fingerprint density at radius 2 is 1.88 bits per heavy atom. The summed E-state index contributed by atoms with van der Waals surface area (Å²) in [6.07, 6.45) is 1.12. The summed E-state index contributed by atoms with van der Waals surface area (Å²) in [5, 5.41) is 8.84. The lowest BCUT2D eigenvalue weighted by Crippen LogP contribution is -2.09. The van der Waals surface area contributed by atoms with E-state index in [1.165, 1.54) is 0 Å². The topological polar surface area (TPSA) is 33.0 Å². The predicted octanol–water partition coefficient (Wildman–Crippen LogP) is 3.60. The highest BCUT2D eigenvalue weighted by Crippen LogP contribution is 2.25. The molecule has 0 radical (unpaired) electrons. The Labute approximate surface area is 97.9 Å². The molecule has 1 atom stereocenters. The van der Waals surface area contributed by atoms with E-state index in [1.54, 1.807) is 0 Å². The average Bonchev–Trinajstić information content (AvgIpc) is 2.27. The minimum atomic E-state index is 0.564. The quantitative estimate of drug-likeness (QED) is 0.772. The van der Waals surface area contributed by atoms with Gasteiger partial charge in [-0.1, -0.05) is 20.3 Å². The third kappa shape index (κ3) is 3.00. The molecule has 0 heterocycles. The average molecular weight is 217 g/mol. The van der Waals surface area contributed by atoms with Crippen LogP contribution in [0.5, 0.6) is 5.75 Å². The van der Waals surface area contributed by atoms with Gasteiger partial charge in [-0.25, -0.2) is 0 Å². The zero-order chi connectivity index (χ0) is 12.1. The van der Waals surface area contributed by atoms with Crippen molar-refractivity contribution in [2.45, 2.75) is 34.1 Å². The van der Waals surface area contributed by atoms with Crippen molar-refractivity contribution in [2.75, 3.05) is 6.61 Å². The van der Waals surface area contributed by atoms with E-state index in [9.17, 15) is 0 Å². The SMILES string of the molecule is CCC(C)COc1c(C)cc(C#N)cc1C. The van der Waals surface area contributed by atoms with Crippen LogP contribution in [0.15, 0.2) is 12.1 Å². The third-order valence-corrected chi connectivity index (χ3v) is 2.80. The molecule has 0 saturated carbocycles. The van der Waals surface area contributed by atoms with Gasteiger partial charge >= 0.3 is 0 Å². The van der Waals surface area contributed by atoms with Crippen molar-refractivity contribution < 1.29 is 4.74 Å². The molecule has 0 amide bonds.